The van der Waals surface area contributed by atoms with Gasteiger partial charge in [-0.2, -0.15) is 0 Å². The highest BCUT2D eigenvalue weighted by molar-refractivity contribution is 5.76. The molecule has 32 heavy (non-hydrogen) atoms. The van der Waals surface area contributed by atoms with Crippen LogP contribution in [0.1, 0.15) is 142 Å². The molecule has 1 rings (SSSR count). The Morgan fingerprint density at radius 1 is 0.562 bits per heavy atom. The summed E-state index contributed by atoms with van der Waals surface area (Å²) in [6.07, 6.45) is 23.0. The zero-order chi connectivity index (χ0) is 23.3. The minimum atomic E-state index is -0.126. The number of unbranched alkanes of at least 4 members (excludes halogenated alkanes) is 14. The SMILES string of the molecule is CCCCCCCCCCCOC(=O)C1CCCC(C(=O)OCCCCCCCCC)C1. The quantitative estimate of drug-likeness (QED) is 0.138. The van der Waals surface area contributed by atoms with Crippen LogP contribution in [-0.2, 0) is 19.1 Å². The second-order valence-corrected chi connectivity index (χ2v) is 9.85. The van der Waals surface area contributed by atoms with E-state index in [1.807, 2.05) is 0 Å². The highest BCUT2D eigenvalue weighted by Gasteiger charge is 2.32. The van der Waals surface area contributed by atoms with Gasteiger partial charge in [-0.3, -0.25) is 9.59 Å². The third kappa shape index (κ3) is 14.9. The van der Waals surface area contributed by atoms with Crippen molar-refractivity contribution in [3.63, 3.8) is 0 Å². The molecule has 1 aliphatic carbocycles. The summed E-state index contributed by atoms with van der Waals surface area (Å²) in [4.78, 5) is 24.8. The third-order valence-electron chi connectivity index (χ3n) is 6.83. The van der Waals surface area contributed by atoms with Crippen LogP contribution >= 0.6 is 0 Å². The van der Waals surface area contributed by atoms with Crippen molar-refractivity contribution < 1.29 is 19.1 Å². The van der Waals surface area contributed by atoms with E-state index in [0.29, 0.717) is 19.6 Å². The second kappa shape index (κ2) is 20.5. The summed E-state index contributed by atoms with van der Waals surface area (Å²) in [7, 11) is 0. The topological polar surface area (TPSA) is 52.6 Å². The van der Waals surface area contributed by atoms with Crippen molar-refractivity contribution >= 4 is 11.9 Å². The molecule has 1 saturated carbocycles. The van der Waals surface area contributed by atoms with Gasteiger partial charge in [0.1, 0.15) is 0 Å². The standard InChI is InChI=1S/C28H52O4/c1-3-5-7-9-11-12-14-16-18-23-32-28(30)26-21-19-20-25(24-26)27(29)31-22-17-15-13-10-8-6-4-2/h25-26H,3-24H2,1-2H3. The summed E-state index contributed by atoms with van der Waals surface area (Å²) in [5, 5.41) is 0. The van der Waals surface area contributed by atoms with Crippen molar-refractivity contribution in [1.29, 1.82) is 0 Å². The molecule has 0 saturated heterocycles. The number of hydrogen-bond donors (Lipinski definition) is 0. The fourth-order valence-corrected chi connectivity index (χ4v) is 4.67. The first-order chi connectivity index (χ1) is 15.7. The summed E-state index contributed by atoms with van der Waals surface area (Å²) in [6, 6.07) is 0. The molecular weight excluding hydrogens is 400 g/mol. The van der Waals surface area contributed by atoms with Crippen LogP contribution in [0, 0.1) is 11.8 Å². The van der Waals surface area contributed by atoms with Gasteiger partial charge >= 0.3 is 11.9 Å². The Kier molecular flexibility index (Phi) is 18.6. The molecule has 2 atom stereocenters. The molecule has 0 amide bonds. The molecule has 0 aliphatic heterocycles. The summed E-state index contributed by atoms with van der Waals surface area (Å²) in [5.41, 5.74) is 0. The van der Waals surface area contributed by atoms with Gasteiger partial charge in [-0.05, 0) is 32.1 Å². The highest BCUT2D eigenvalue weighted by Crippen LogP contribution is 2.31. The maximum atomic E-state index is 12.4. The zero-order valence-corrected chi connectivity index (χ0v) is 21.3. The fourth-order valence-electron chi connectivity index (χ4n) is 4.67. The van der Waals surface area contributed by atoms with Gasteiger partial charge in [0.2, 0.25) is 0 Å². The lowest BCUT2D eigenvalue weighted by atomic mass is 9.81. The van der Waals surface area contributed by atoms with E-state index in [0.717, 1.165) is 44.9 Å². The van der Waals surface area contributed by atoms with Crippen LogP contribution in [0.3, 0.4) is 0 Å². The van der Waals surface area contributed by atoms with Gasteiger partial charge in [0.05, 0.1) is 25.0 Å². The van der Waals surface area contributed by atoms with E-state index < -0.39 is 0 Å². The monoisotopic (exact) mass is 452 g/mol. The molecule has 4 heteroatoms. The Morgan fingerprint density at radius 3 is 1.28 bits per heavy atom. The summed E-state index contributed by atoms with van der Waals surface area (Å²) >= 11 is 0. The number of carbonyl (C=O) groups is 2. The largest absolute Gasteiger partial charge is 0.465 e. The maximum absolute atomic E-state index is 12.4. The maximum Gasteiger partial charge on any atom is 0.308 e. The van der Waals surface area contributed by atoms with Gasteiger partial charge in [0, 0.05) is 0 Å². The predicted octanol–water partition coefficient (Wildman–Crippen LogP) is 8.16. The molecule has 0 heterocycles. The first-order valence-corrected chi connectivity index (χ1v) is 14.0. The molecular formula is C28H52O4. The summed E-state index contributed by atoms with van der Waals surface area (Å²) in [6.45, 7) is 5.53. The van der Waals surface area contributed by atoms with Gasteiger partial charge in [-0.25, -0.2) is 0 Å². The number of carbonyl (C=O) groups excluding carboxylic acids is 2. The van der Waals surface area contributed by atoms with Gasteiger partial charge in [-0.15, -0.1) is 0 Å². The first-order valence-electron chi connectivity index (χ1n) is 14.0. The molecule has 0 aromatic heterocycles. The van der Waals surface area contributed by atoms with Crippen LogP contribution in [0.15, 0.2) is 0 Å². The van der Waals surface area contributed by atoms with E-state index >= 15 is 0 Å². The number of ether oxygens (including phenoxy) is 2. The Morgan fingerprint density at radius 2 is 0.906 bits per heavy atom. The Bertz CT molecular complexity index is 462. The number of esters is 2. The Balaban J connectivity index is 2.05. The molecule has 0 radical (unpaired) electrons. The lowest BCUT2D eigenvalue weighted by Crippen LogP contribution is -2.30. The van der Waals surface area contributed by atoms with Crippen LogP contribution < -0.4 is 0 Å². The van der Waals surface area contributed by atoms with Crippen LogP contribution in [0.5, 0.6) is 0 Å². The van der Waals surface area contributed by atoms with Crippen LogP contribution in [0.2, 0.25) is 0 Å². The van der Waals surface area contributed by atoms with E-state index in [-0.39, 0.29) is 23.8 Å². The molecule has 1 aliphatic rings. The molecule has 2 unspecified atom stereocenters. The summed E-state index contributed by atoms with van der Waals surface area (Å²) < 4.78 is 11.0. The predicted molar refractivity (Wildman–Crippen MR) is 133 cm³/mol. The molecule has 4 nitrogen and oxygen atoms in total. The van der Waals surface area contributed by atoms with Crippen molar-refractivity contribution in [3.8, 4) is 0 Å². The minimum Gasteiger partial charge on any atom is -0.465 e. The molecule has 1 fully saturated rings. The van der Waals surface area contributed by atoms with E-state index in [4.69, 9.17) is 9.47 Å². The lowest BCUT2D eigenvalue weighted by Gasteiger charge is -2.26. The van der Waals surface area contributed by atoms with Crippen molar-refractivity contribution in [2.75, 3.05) is 13.2 Å². The average molecular weight is 453 g/mol. The number of rotatable bonds is 20. The van der Waals surface area contributed by atoms with Gasteiger partial charge in [0.15, 0.2) is 0 Å². The molecule has 0 aromatic rings. The Hall–Kier alpha value is -1.06. The molecule has 0 N–H and O–H groups in total. The smallest absolute Gasteiger partial charge is 0.308 e. The van der Waals surface area contributed by atoms with E-state index in [1.54, 1.807) is 0 Å². The normalized spacial score (nSPS) is 18.4. The van der Waals surface area contributed by atoms with Crippen LogP contribution in [0.25, 0.3) is 0 Å². The van der Waals surface area contributed by atoms with Gasteiger partial charge < -0.3 is 9.47 Å². The number of hydrogen-bond acceptors (Lipinski definition) is 4. The van der Waals surface area contributed by atoms with Gasteiger partial charge in [0.25, 0.3) is 0 Å². The first kappa shape index (κ1) is 29.0. The molecule has 0 spiro atoms. The average Bonchev–Trinajstić information content (AvgIpc) is 2.81. The van der Waals surface area contributed by atoms with E-state index in [1.165, 1.54) is 77.0 Å². The Labute approximate surface area is 198 Å². The van der Waals surface area contributed by atoms with E-state index in [9.17, 15) is 9.59 Å². The third-order valence-corrected chi connectivity index (χ3v) is 6.83. The minimum absolute atomic E-state index is 0.103. The molecule has 188 valence electrons. The zero-order valence-electron chi connectivity index (χ0n) is 21.3. The highest BCUT2D eigenvalue weighted by atomic mass is 16.5. The van der Waals surface area contributed by atoms with Crippen molar-refractivity contribution in [2.45, 2.75) is 142 Å². The van der Waals surface area contributed by atoms with E-state index in [2.05, 4.69) is 13.8 Å². The van der Waals surface area contributed by atoms with Crippen LogP contribution in [-0.4, -0.2) is 25.2 Å². The van der Waals surface area contributed by atoms with Crippen LogP contribution in [0.4, 0.5) is 0 Å². The van der Waals surface area contributed by atoms with Crippen molar-refractivity contribution in [3.05, 3.63) is 0 Å². The molecule has 0 bridgehead atoms. The summed E-state index contributed by atoms with van der Waals surface area (Å²) in [5.74, 6) is -0.460. The molecule has 0 aromatic carbocycles. The van der Waals surface area contributed by atoms with Gasteiger partial charge in [-0.1, -0.05) is 110 Å². The lowest BCUT2D eigenvalue weighted by molar-refractivity contribution is -0.155. The fraction of sp³-hybridized carbons (Fsp3) is 0.929. The second-order valence-electron chi connectivity index (χ2n) is 9.85. The van der Waals surface area contributed by atoms with Crippen molar-refractivity contribution in [2.24, 2.45) is 11.8 Å². The van der Waals surface area contributed by atoms with Crippen molar-refractivity contribution in [1.82, 2.24) is 0 Å².